The van der Waals surface area contributed by atoms with Gasteiger partial charge in [-0.1, -0.05) is 6.92 Å². The molecule has 0 aliphatic heterocycles. The Bertz CT molecular complexity index is 104. The second-order valence-electron chi connectivity index (χ2n) is 3.27. The van der Waals surface area contributed by atoms with Crippen LogP contribution >= 0.6 is 0 Å². The van der Waals surface area contributed by atoms with E-state index in [0.29, 0.717) is 19.6 Å². The Morgan fingerprint density at radius 2 is 1.83 bits per heavy atom. The number of ether oxygens (including phenoxy) is 1. The van der Waals surface area contributed by atoms with E-state index in [-0.39, 0.29) is 12.0 Å². The number of hydrogen-bond donors (Lipinski definition) is 2. The second kappa shape index (κ2) is 6.40. The molecule has 0 aliphatic rings. The van der Waals surface area contributed by atoms with E-state index in [0.717, 1.165) is 0 Å². The van der Waals surface area contributed by atoms with Crippen LogP contribution in [0.1, 0.15) is 27.2 Å². The minimum Gasteiger partial charge on any atom is -0.393 e. The molecule has 0 saturated heterocycles. The summed E-state index contributed by atoms with van der Waals surface area (Å²) < 4.78 is 5.04. The van der Waals surface area contributed by atoms with Gasteiger partial charge in [0.1, 0.15) is 0 Å². The zero-order valence-electron chi connectivity index (χ0n) is 8.16. The molecule has 0 fully saturated rings. The van der Waals surface area contributed by atoms with E-state index in [1.807, 2.05) is 13.8 Å². The molecule has 12 heavy (non-hydrogen) atoms. The maximum atomic E-state index is 9.36. The smallest absolute Gasteiger partial charge is 0.0777 e. The van der Waals surface area contributed by atoms with Crippen molar-refractivity contribution < 1.29 is 14.9 Å². The standard InChI is InChI=1S/C9H20O3/c1-4-12-6-9(11)5-7(2)8(3)10/h7-11H,4-6H2,1-3H3. The molecule has 2 N–H and O–H groups in total. The summed E-state index contributed by atoms with van der Waals surface area (Å²) in [6.07, 6.45) is -0.215. The van der Waals surface area contributed by atoms with Gasteiger partial charge in [0.15, 0.2) is 0 Å². The van der Waals surface area contributed by atoms with Crippen molar-refractivity contribution in [2.75, 3.05) is 13.2 Å². The van der Waals surface area contributed by atoms with Gasteiger partial charge in [-0.05, 0) is 26.2 Å². The van der Waals surface area contributed by atoms with Gasteiger partial charge in [0.25, 0.3) is 0 Å². The quantitative estimate of drug-likeness (QED) is 0.629. The number of aliphatic hydroxyl groups excluding tert-OH is 2. The van der Waals surface area contributed by atoms with Gasteiger partial charge in [-0.2, -0.15) is 0 Å². The van der Waals surface area contributed by atoms with Crippen LogP contribution in [-0.2, 0) is 4.74 Å². The first kappa shape index (κ1) is 11.9. The fourth-order valence-corrected chi connectivity index (χ4v) is 0.948. The summed E-state index contributed by atoms with van der Waals surface area (Å²) in [4.78, 5) is 0. The van der Waals surface area contributed by atoms with E-state index in [2.05, 4.69) is 0 Å². The van der Waals surface area contributed by atoms with E-state index >= 15 is 0 Å². The van der Waals surface area contributed by atoms with Crippen LogP contribution in [0.25, 0.3) is 0 Å². The molecule has 0 rings (SSSR count). The Morgan fingerprint density at radius 1 is 1.25 bits per heavy atom. The molecule has 3 nitrogen and oxygen atoms in total. The Hall–Kier alpha value is -0.120. The van der Waals surface area contributed by atoms with E-state index in [9.17, 15) is 5.11 Å². The van der Waals surface area contributed by atoms with Gasteiger partial charge >= 0.3 is 0 Å². The second-order valence-corrected chi connectivity index (χ2v) is 3.27. The highest BCUT2D eigenvalue weighted by molar-refractivity contribution is 4.64. The normalized spacial score (nSPS) is 18.8. The predicted octanol–water partition coefficient (Wildman–Crippen LogP) is 0.791. The van der Waals surface area contributed by atoms with Crippen molar-refractivity contribution in [3.63, 3.8) is 0 Å². The van der Waals surface area contributed by atoms with Crippen LogP contribution in [0.5, 0.6) is 0 Å². The molecule has 0 aliphatic carbocycles. The number of hydrogen-bond acceptors (Lipinski definition) is 3. The van der Waals surface area contributed by atoms with Crippen molar-refractivity contribution >= 4 is 0 Å². The van der Waals surface area contributed by atoms with Crippen LogP contribution in [0, 0.1) is 5.92 Å². The van der Waals surface area contributed by atoms with Crippen LogP contribution in [0.2, 0.25) is 0 Å². The molecule has 0 heterocycles. The third kappa shape index (κ3) is 5.52. The van der Waals surface area contributed by atoms with E-state index < -0.39 is 6.10 Å². The van der Waals surface area contributed by atoms with Gasteiger partial charge in [0, 0.05) is 6.61 Å². The fraction of sp³-hybridized carbons (Fsp3) is 1.00. The molecule has 0 saturated carbocycles. The first-order valence-corrected chi connectivity index (χ1v) is 4.51. The monoisotopic (exact) mass is 176 g/mol. The molecule has 0 radical (unpaired) electrons. The van der Waals surface area contributed by atoms with Crippen LogP contribution in [0.4, 0.5) is 0 Å². The molecule has 3 heteroatoms. The molecule has 0 spiro atoms. The topological polar surface area (TPSA) is 49.7 Å². The average molecular weight is 176 g/mol. The minimum atomic E-state index is -0.449. The van der Waals surface area contributed by atoms with Crippen LogP contribution in [-0.4, -0.2) is 35.6 Å². The Kier molecular flexibility index (Phi) is 6.34. The molecule has 0 amide bonds. The Labute approximate surface area is 74.4 Å². The lowest BCUT2D eigenvalue weighted by Crippen LogP contribution is -2.23. The van der Waals surface area contributed by atoms with E-state index in [1.54, 1.807) is 6.92 Å². The van der Waals surface area contributed by atoms with Crippen molar-refractivity contribution in [2.45, 2.75) is 39.4 Å². The summed E-state index contributed by atoms with van der Waals surface area (Å²) in [5.41, 5.74) is 0. The van der Waals surface area contributed by atoms with Gasteiger partial charge in [0.2, 0.25) is 0 Å². The molecular formula is C9H20O3. The Morgan fingerprint density at radius 3 is 2.25 bits per heavy atom. The molecule has 0 aromatic carbocycles. The lowest BCUT2D eigenvalue weighted by molar-refractivity contribution is 0.0150. The van der Waals surface area contributed by atoms with Crippen LogP contribution in [0.3, 0.4) is 0 Å². The largest absolute Gasteiger partial charge is 0.393 e. The van der Waals surface area contributed by atoms with Gasteiger partial charge in [-0.25, -0.2) is 0 Å². The average Bonchev–Trinajstić information content (AvgIpc) is 2.00. The van der Waals surface area contributed by atoms with Crippen molar-refractivity contribution in [3.05, 3.63) is 0 Å². The zero-order valence-corrected chi connectivity index (χ0v) is 8.16. The van der Waals surface area contributed by atoms with Crippen LogP contribution in [0.15, 0.2) is 0 Å². The summed E-state index contributed by atoms with van der Waals surface area (Å²) in [5, 5.41) is 18.5. The van der Waals surface area contributed by atoms with Crippen LogP contribution < -0.4 is 0 Å². The lowest BCUT2D eigenvalue weighted by Gasteiger charge is -2.18. The SMILES string of the molecule is CCOCC(O)CC(C)C(C)O. The fourth-order valence-electron chi connectivity index (χ4n) is 0.948. The first-order chi connectivity index (χ1) is 5.57. The summed E-state index contributed by atoms with van der Waals surface area (Å²) in [6, 6.07) is 0. The zero-order chi connectivity index (χ0) is 9.56. The molecule has 3 atom stereocenters. The van der Waals surface area contributed by atoms with Gasteiger partial charge < -0.3 is 14.9 Å². The minimum absolute atomic E-state index is 0.125. The maximum absolute atomic E-state index is 9.36. The lowest BCUT2D eigenvalue weighted by atomic mass is 9.99. The number of rotatable bonds is 6. The highest BCUT2D eigenvalue weighted by Gasteiger charge is 2.14. The van der Waals surface area contributed by atoms with Crippen molar-refractivity contribution in [1.82, 2.24) is 0 Å². The highest BCUT2D eigenvalue weighted by atomic mass is 16.5. The molecule has 0 aromatic heterocycles. The molecule has 74 valence electrons. The third-order valence-corrected chi connectivity index (χ3v) is 1.98. The summed E-state index contributed by atoms with van der Waals surface area (Å²) >= 11 is 0. The van der Waals surface area contributed by atoms with E-state index in [4.69, 9.17) is 9.84 Å². The van der Waals surface area contributed by atoms with Gasteiger partial charge in [-0.15, -0.1) is 0 Å². The molecule has 0 aromatic rings. The first-order valence-electron chi connectivity index (χ1n) is 4.51. The third-order valence-electron chi connectivity index (χ3n) is 1.98. The maximum Gasteiger partial charge on any atom is 0.0777 e. The predicted molar refractivity (Wildman–Crippen MR) is 48.0 cm³/mol. The summed E-state index contributed by atoms with van der Waals surface area (Å²) in [5.74, 6) is 0.125. The molecule has 0 bridgehead atoms. The summed E-state index contributed by atoms with van der Waals surface area (Å²) in [6.45, 7) is 6.54. The Balaban J connectivity index is 3.47. The molecular weight excluding hydrogens is 156 g/mol. The van der Waals surface area contributed by atoms with E-state index in [1.165, 1.54) is 0 Å². The highest BCUT2D eigenvalue weighted by Crippen LogP contribution is 2.10. The van der Waals surface area contributed by atoms with Gasteiger partial charge in [0.05, 0.1) is 18.8 Å². The summed E-state index contributed by atoms with van der Waals surface area (Å²) in [7, 11) is 0. The number of aliphatic hydroxyl groups is 2. The van der Waals surface area contributed by atoms with Gasteiger partial charge in [-0.3, -0.25) is 0 Å². The van der Waals surface area contributed by atoms with Crippen molar-refractivity contribution in [3.8, 4) is 0 Å². The van der Waals surface area contributed by atoms with Crippen molar-refractivity contribution in [2.24, 2.45) is 5.92 Å². The molecule has 3 unspecified atom stereocenters. The van der Waals surface area contributed by atoms with Crippen molar-refractivity contribution in [1.29, 1.82) is 0 Å².